The van der Waals surface area contributed by atoms with Crippen LogP contribution in [0, 0.1) is 0 Å². The molecule has 4 heteroatoms. The second-order valence-electron chi connectivity index (χ2n) is 0. The Balaban J connectivity index is 0. The Morgan fingerprint density at radius 2 is 1.00 bits per heavy atom. The minimum Gasteiger partial charge on any atom is -1.00 e. The molecule has 0 aliphatic rings. The van der Waals surface area contributed by atoms with Gasteiger partial charge in [0.25, 0.3) is 0 Å². The summed E-state index contributed by atoms with van der Waals surface area (Å²) in [7, 11) is 0. The standard InChI is InChI=1S/2Ca.2Mg.2H2.8H/h;;;;2*1H;;;;;;;;/q4*+2;;;8*-1. The van der Waals surface area contributed by atoms with Gasteiger partial charge in [-0.1, -0.05) is 0 Å². The van der Waals surface area contributed by atoms with E-state index >= 15 is 0 Å². The van der Waals surface area contributed by atoms with Crippen LogP contribution in [-0.4, -0.2) is 122 Å². The Labute approximate surface area is 133 Å². The zero-order valence-corrected chi connectivity index (χ0v) is 10.1. The van der Waals surface area contributed by atoms with Crippen molar-refractivity contribution in [1.82, 2.24) is 0 Å². The molecule has 0 N–H and O–H groups in total. The van der Waals surface area contributed by atoms with Gasteiger partial charge in [0.2, 0.25) is 0 Å². The second kappa shape index (κ2) is 15.7. The Morgan fingerprint density at radius 3 is 1.00 bits per heavy atom. The summed E-state index contributed by atoms with van der Waals surface area (Å²) in [6.07, 6.45) is 0. The van der Waals surface area contributed by atoms with E-state index in [0.29, 0.717) is 0 Å². The molecular formula is H12Ca2Mg2. The third-order valence-corrected chi connectivity index (χ3v) is 0. The molecule has 0 aromatic carbocycles. The van der Waals surface area contributed by atoms with Crippen molar-refractivity contribution < 1.29 is 14.3 Å². The molecule has 0 bridgehead atoms. The fraction of sp³-hybridized carbons (Fsp3) is 0. The van der Waals surface area contributed by atoms with Crippen LogP contribution in [0.5, 0.6) is 0 Å². The molecule has 0 spiro atoms. The summed E-state index contributed by atoms with van der Waals surface area (Å²) >= 11 is 0. The van der Waals surface area contributed by atoms with Gasteiger partial charge in [-0.25, -0.2) is 0 Å². The van der Waals surface area contributed by atoms with E-state index in [0.717, 1.165) is 0 Å². The Morgan fingerprint density at radius 1 is 1.00 bits per heavy atom. The summed E-state index contributed by atoms with van der Waals surface area (Å²) in [6, 6.07) is 0. The Kier molecular flexibility index (Phi) is 95.9. The van der Waals surface area contributed by atoms with Gasteiger partial charge in [-0.15, -0.1) is 0 Å². The van der Waals surface area contributed by atoms with Crippen LogP contribution in [0.25, 0.3) is 0 Å². The first-order chi connectivity index (χ1) is 0. The van der Waals surface area contributed by atoms with Gasteiger partial charge in [0.15, 0.2) is 0 Å². The van der Waals surface area contributed by atoms with Gasteiger partial charge in [-0.3, -0.25) is 0 Å². The van der Waals surface area contributed by atoms with E-state index in [9.17, 15) is 0 Å². The van der Waals surface area contributed by atoms with E-state index in [1.807, 2.05) is 0 Å². The SMILES string of the molecule is [Ca+2].[Ca+2].[H-].[H-].[H-].[H-].[H-].[H-].[H-].[H-].[HH].[HH].[Mg+2].[Mg+2]. The fourth-order valence-corrected chi connectivity index (χ4v) is 0. The Bertz CT molecular complexity index is 16.1. The molecule has 0 saturated carbocycles. The maximum absolute atomic E-state index is 0. The van der Waals surface area contributed by atoms with E-state index in [4.69, 9.17) is 0 Å². The minimum absolute atomic E-state index is 0. The average molecular weight is 141 g/mol. The van der Waals surface area contributed by atoms with Gasteiger partial charge in [-0.05, 0) is 0 Å². The third kappa shape index (κ3) is 9.41. The quantitative estimate of drug-likeness (QED) is 0.412. The smallest absolute Gasteiger partial charge is 1.00 e. The summed E-state index contributed by atoms with van der Waals surface area (Å²) in [5.41, 5.74) is 0. The van der Waals surface area contributed by atoms with Crippen molar-refractivity contribution in [3.63, 3.8) is 0 Å². The van der Waals surface area contributed by atoms with Gasteiger partial charge < -0.3 is 11.4 Å². The first kappa shape index (κ1) is 24.4. The van der Waals surface area contributed by atoms with Crippen molar-refractivity contribution in [1.29, 1.82) is 0 Å². The number of hydrogen-bond donors (Lipinski definition) is 0. The van der Waals surface area contributed by atoms with Gasteiger partial charge >= 0.3 is 122 Å². The zero-order valence-electron chi connectivity index (χ0n) is 10.8. The Hall–Kier alpha value is 4.05. The van der Waals surface area contributed by atoms with E-state index < -0.39 is 0 Å². The van der Waals surface area contributed by atoms with Crippen LogP contribution in [0.3, 0.4) is 0 Å². The van der Waals surface area contributed by atoms with Crippen LogP contribution in [0.4, 0.5) is 0 Å². The minimum atomic E-state index is 0. The van der Waals surface area contributed by atoms with Crippen molar-refractivity contribution in [2.75, 3.05) is 0 Å². The predicted molar refractivity (Wildman–Crippen MR) is 36.1 cm³/mol. The topological polar surface area (TPSA) is 0 Å². The molecule has 0 fully saturated rings. The van der Waals surface area contributed by atoms with Gasteiger partial charge in [0.1, 0.15) is 0 Å². The molecule has 0 heterocycles. The number of hydrogen-bond acceptors (Lipinski definition) is 0. The van der Waals surface area contributed by atoms with E-state index in [-0.39, 0.29) is 136 Å². The molecule has 0 atom stereocenters. The maximum Gasteiger partial charge on any atom is 2.00 e. The van der Waals surface area contributed by atoms with Crippen LogP contribution >= 0.6 is 0 Å². The van der Waals surface area contributed by atoms with Gasteiger partial charge in [0.05, 0.1) is 0 Å². The first-order valence-electron chi connectivity index (χ1n) is 0. The molecule has 0 unspecified atom stereocenters. The molecule has 4 heavy (non-hydrogen) atoms. The molecule has 0 aliphatic carbocycles. The summed E-state index contributed by atoms with van der Waals surface area (Å²) in [4.78, 5) is 0. The van der Waals surface area contributed by atoms with Crippen molar-refractivity contribution in [2.45, 2.75) is 0 Å². The first-order valence-corrected chi connectivity index (χ1v) is 0. The van der Waals surface area contributed by atoms with Gasteiger partial charge in [0, 0.05) is 2.85 Å². The maximum atomic E-state index is 0. The van der Waals surface area contributed by atoms with Crippen molar-refractivity contribution >= 4 is 122 Å². The average Bonchev–Trinajstić information content (AvgIpc) is 0. The summed E-state index contributed by atoms with van der Waals surface area (Å²) in [6.45, 7) is 0. The monoisotopic (exact) mass is 140 g/mol. The molecule has 0 aromatic heterocycles. The zero-order chi connectivity index (χ0) is 0. The second-order valence-corrected chi connectivity index (χ2v) is 0. The molecule has 20 valence electrons. The molecule has 0 saturated heterocycles. The summed E-state index contributed by atoms with van der Waals surface area (Å²) in [5.74, 6) is 0. The van der Waals surface area contributed by atoms with Crippen molar-refractivity contribution in [3.8, 4) is 0 Å². The van der Waals surface area contributed by atoms with E-state index in [1.54, 1.807) is 0 Å². The van der Waals surface area contributed by atoms with Crippen molar-refractivity contribution in [3.05, 3.63) is 0 Å². The summed E-state index contributed by atoms with van der Waals surface area (Å²) < 4.78 is 0. The molecule has 0 aromatic rings. The normalized spacial score (nSPS) is 0. The molecule has 0 nitrogen and oxygen atoms in total. The van der Waals surface area contributed by atoms with Gasteiger partial charge in [-0.2, -0.15) is 0 Å². The number of rotatable bonds is 0. The van der Waals surface area contributed by atoms with E-state index in [2.05, 4.69) is 0 Å². The molecule has 0 radical (unpaired) electrons. The van der Waals surface area contributed by atoms with Crippen LogP contribution in [0.2, 0.25) is 0 Å². The van der Waals surface area contributed by atoms with Crippen LogP contribution < -0.4 is 0 Å². The van der Waals surface area contributed by atoms with Crippen LogP contribution in [0.15, 0.2) is 0 Å². The molecule has 0 amide bonds. The molecule has 0 rings (SSSR count). The van der Waals surface area contributed by atoms with E-state index in [1.165, 1.54) is 0 Å². The molecule has 0 aliphatic heterocycles. The third-order valence-electron chi connectivity index (χ3n) is 0. The predicted octanol–water partition coefficient (Wildman–Crippen LogP) is -0.131. The summed E-state index contributed by atoms with van der Waals surface area (Å²) in [5, 5.41) is 0. The largest absolute Gasteiger partial charge is 2.00 e. The van der Waals surface area contributed by atoms with Crippen LogP contribution in [0.1, 0.15) is 14.3 Å². The fourth-order valence-electron chi connectivity index (χ4n) is 0. The van der Waals surface area contributed by atoms with Crippen LogP contribution in [-0.2, 0) is 0 Å². The van der Waals surface area contributed by atoms with Crippen molar-refractivity contribution in [2.24, 2.45) is 0 Å². The molecular weight excluding hydrogens is 129 g/mol.